The third-order valence-electron chi connectivity index (χ3n) is 4.31. The van der Waals surface area contributed by atoms with Crippen LogP contribution in [0.5, 0.6) is 5.75 Å². The highest BCUT2D eigenvalue weighted by molar-refractivity contribution is 5.85. The van der Waals surface area contributed by atoms with E-state index in [0.29, 0.717) is 12.4 Å². The van der Waals surface area contributed by atoms with Gasteiger partial charge in [0.15, 0.2) is 5.82 Å². The van der Waals surface area contributed by atoms with E-state index < -0.39 is 0 Å². The molecule has 2 aromatic rings. The van der Waals surface area contributed by atoms with Crippen LogP contribution in [0.3, 0.4) is 0 Å². The van der Waals surface area contributed by atoms with E-state index in [2.05, 4.69) is 53.3 Å². The number of nitrogens with zero attached hydrogens (tertiary/aromatic N) is 3. The first-order valence-electron chi connectivity index (χ1n) is 8.40. The summed E-state index contributed by atoms with van der Waals surface area (Å²) in [7, 11) is 1.72. The van der Waals surface area contributed by atoms with Gasteiger partial charge in [-0.1, -0.05) is 44.1 Å². The Morgan fingerprint density at radius 3 is 2.76 bits per heavy atom. The van der Waals surface area contributed by atoms with Crippen LogP contribution in [0.25, 0.3) is 0 Å². The molecule has 1 atom stereocenters. The van der Waals surface area contributed by atoms with Crippen molar-refractivity contribution in [2.75, 3.05) is 26.7 Å². The SMILES string of the molecule is COc1ccccc1C1CNCCN1Cc1noc(C(C)(C)C)n1.Cl. The predicted octanol–water partition coefficient (Wildman–Crippen LogP) is 2.94. The summed E-state index contributed by atoms with van der Waals surface area (Å²) in [5, 5.41) is 7.64. The lowest BCUT2D eigenvalue weighted by Gasteiger charge is -2.36. The number of hydrogen-bond donors (Lipinski definition) is 1. The summed E-state index contributed by atoms with van der Waals surface area (Å²) in [5.41, 5.74) is 1.06. The van der Waals surface area contributed by atoms with Crippen molar-refractivity contribution in [3.63, 3.8) is 0 Å². The van der Waals surface area contributed by atoms with Gasteiger partial charge in [-0.15, -0.1) is 12.4 Å². The Kier molecular flexibility index (Phi) is 6.43. The second kappa shape index (κ2) is 8.17. The standard InChI is InChI=1S/C18H26N4O2.ClH/c1-18(2,3)17-20-16(21-24-17)12-22-10-9-19-11-14(22)13-7-5-6-8-15(13)23-4;/h5-8,14,19H,9-12H2,1-4H3;1H. The summed E-state index contributed by atoms with van der Waals surface area (Å²) in [6.07, 6.45) is 0. The normalized spacial score (nSPS) is 18.6. The molecule has 25 heavy (non-hydrogen) atoms. The van der Waals surface area contributed by atoms with E-state index in [-0.39, 0.29) is 23.9 Å². The lowest BCUT2D eigenvalue weighted by atomic mass is 9.97. The molecule has 2 heterocycles. The van der Waals surface area contributed by atoms with Gasteiger partial charge in [0.1, 0.15) is 5.75 Å². The van der Waals surface area contributed by atoms with Crippen LogP contribution in [0.4, 0.5) is 0 Å². The number of ether oxygens (including phenoxy) is 1. The maximum atomic E-state index is 5.54. The van der Waals surface area contributed by atoms with E-state index in [1.54, 1.807) is 7.11 Å². The number of para-hydroxylation sites is 1. The van der Waals surface area contributed by atoms with Crippen LogP contribution in [-0.4, -0.2) is 41.8 Å². The first-order chi connectivity index (χ1) is 11.5. The molecule has 1 fully saturated rings. The zero-order chi connectivity index (χ0) is 17.2. The van der Waals surface area contributed by atoms with Crippen LogP contribution in [0, 0.1) is 0 Å². The third-order valence-corrected chi connectivity index (χ3v) is 4.31. The number of rotatable bonds is 4. The fourth-order valence-electron chi connectivity index (χ4n) is 2.99. The molecule has 0 amide bonds. The van der Waals surface area contributed by atoms with E-state index in [0.717, 1.165) is 31.2 Å². The van der Waals surface area contributed by atoms with Gasteiger partial charge < -0.3 is 14.6 Å². The molecule has 0 saturated carbocycles. The van der Waals surface area contributed by atoms with Crippen LogP contribution in [0.2, 0.25) is 0 Å². The molecule has 138 valence electrons. The monoisotopic (exact) mass is 366 g/mol. The maximum absolute atomic E-state index is 5.54. The first-order valence-corrected chi connectivity index (χ1v) is 8.40. The van der Waals surface area contributed by atoms with Crippen molar-refractivity contribution in [1.82, 2.24) is 20.4 Å². The fraction of sp³-hybridized carbons (Fsp3) is 0.556. The molecule has 0 radical (unpaired) electrons. The third kappa shape index (κ3) is 4.51. The Hall–Kier alpha value is -1.63. The number of piperazine rings is 1. The zero-order valence-corrected chi connectivity index (χ0v) is 16.1. The maximum Gasteiger partial charge on any atom is 0.232 e. The first kappa shape index (κ1) is 19.7. The average Bonchev–Trinajstić information content (AvgIpc) is 3.04. The van der Waals surface area contributed by atoms with Gasteiger partial charge in [-0.2, -0.15) is 4.98 Å². The van der Waals surface area contributed by atoms with Crippen molar-refractivity contribution in [2.24, 2.45) is 0 Å². The van der Waals surface area contributed by atoms with Crippen LogP contribution in [0.1, 0.15) is 44.1 Å². The number of benzene rings is 1. The van der Waals surface area contributed by atoms with Gasteiger partial charge in [0.25, 0.3) is 0 Å². The van der Waals surface area contributed by atoms with Gasteiger partial charge in [-0.3, -0.25) is 4.90 Å². The lowest BCUT2D eigenvalue weighted by Crippen LogP contribution is -2.45. The van der Waals surface area contributed by atoms with Crippen molar-refractivity contribution in [2.45, 2.75) is 38.8 Å². The van der Waals surface area contributed by atoms with Gasteiger partial charge in [0.05, 0.1) is 19.7 Å². The summed E-state index contributed by atoms with van der Waals surface area (Å²) >= 11 is 0. The highest BCUT2D eigenvalue weighted by Gasteiger charge is 2.28. The Balaban J connectivity index is 0.00000225. The number of halogens is 1. The summed E-state index contributed by atoms with van der Waals surface area (Å²) in [4.78, 5) is 6.96. The average molecular weight is 367 g/mol. The smallest absolute Gasteiger partial charge is 0.232 e. The molecule has 1 aromatic heterocycles. The van der Waals surface area contributed by atoms with Gasteiger partial charge in [-0.05, 0) is 6.07 Å². The summed E-state index contributed by atoms with van der Waals surface area (Å²) in [6, 6.07) is 8.41. The van der Waals surface area contributed by atoms with Gasteiger partial charge in [-0.25, -0.2) is 0 Å². The van der Waals surface area contributed by atoms with Crippen LogP contribution in [-0.2, 0) is 12.0 Å². The van der Waals surface area contributed by atoms with E-state index in [1.807, 2.05) is 12.1 Å². The summed E-state index contributed by atoms with van der Waals surface area (Å²) in [6.45, 7) is 9.66. The molecule has 0 spiro atoms. The molecule has 0 aliphatic carbocycles. The van der Waals surface area contributed by atoms with E-state index in [4.69, 9.17) is 9.26 Å². The molecule has 6 nitrogen and oxygen atoms in total. The second-order valence-electron chi connectivity index (χ2n) is 7.20. The molecule has 1 saturated heterocycles. The number of nitrogens with one attached hydrogen (secondary N) is 1. The highest BCUT2D eigenvalue weighted by atomic mass is 35.5. The molecule has 3 rings (SSSR count). The molecule has 7 heteroatoms. The Morgan fingerprint density at radius 2 is 2.08 bits per heavy atom. The molecular weight excluding hydrogens is 340 g/mol. The van der Waals surface area contributed by atoms with Gasteiger partial charge in [0.2, 0.25) is 5.89 Å². The van der Waals surface area contributed by atoms with Crippen LogP contribution >= 0.6 is 12.4 Å². The minimum atomic E-state index is -0.128. The highest BCUT2D eigenvalue weighted by Crippen LogP contribution is 2.31. The van der Waals surface area contributed by atoms with Crippen molar-refractivity contribution < 1.29 is 9.26 Å². The van der Waals surface area contributed by atoms with E-state index in [9.17, 15) is 0 Å². The summed E-state index contributed by atoms with van der Waals surface area (Å²) in [5.74, 6) is 2.34. The van der Waals surface area contributed by atoms with Gasteiger partial charge in [0, 0.05) is 30.6 Å². The molecule has 1 aliphatic rings. The van der Waals surface area contributed by atoms with E-state index >= 15 is 0 Å². The Bertz CT molecular complexity index is 684. The van der Waals surface area contributed by atoms with E-state index in [1.165, 1.54) is 5.56 Å². The molecule has 1 N–H and O–H groups in total. The molecular formula is C18H27ClN4O2. The van der Waals surface area contributed by atoms with Crippen molar-refractivity contribution in [1.29, 1.82) is 0 Å². The summed E-state index contributed by atoms with van der Waals surface area (Å²) < 4.78 is 11.0. The Labute approximate surface area is 155 Å². The fourth-order valence-corrected chi connectivity index (χ4v) is 2.99. The predicted molar refractivity (Wildman–Crippen MR) is 99.3 cm³/mol. The number of hydrogen-bond acceptors (Lipinski definition) is 6. The topological polar surface area (TPSA) is 63.4 Å². The second-order valence-corrected chi connectivity index (χ2v) is 7.20. The Morgan fingerprint density at radius 1 is 1.32 bits per heavy atom. The molecule has 1 aromatic carbocycles. The minimum Gasteiger partial charge on any atom is -0.496 e. The number of aromatic nitrogens is 2. The molecule has 1 unspecified atom stereocenters. The molecule has 0 bridgehead atoms. The van der Waals surface area contributed by atoms with Crippen molar-refractivity contribution in [3.05, 3.63) is 41.5 Å². The lowest BCUT2D eigenvalue weighted by molar-refractivity contribution is 0.146. The van der Waals surface area contributed by atoms with Crippen molar-refractivity contribution in [3.8, 4) is 5.75 Å². The van der Waals surface area contributed by atoms with Crippen molar-refractivity contribution >= 4 is 12.4 Å². The quantitative estimate of drug-likeness (QED) is 0.897. The molecule has 1 aliphatic heterocycles. The number of methoxy groups -OCH3 is 1. The van der Waals surface area contributed by atoms with Crippen LogP contribution < -0.4 is 10.1 Å². The van der Waals surface area contributed by atoms with Gasteiger partial charge >= 0.3 is 0 Å². The largest absolute Gasteiger partial charge is 0.496 e. The van der Waals surface area contributed by atoms with Crippen LogP contribution in [0.15, 0.2) is 28.8 Å². The zero-order valence-electron chi connectivity index (χ0n) is 15.3. The minimum absolute atomic E-state index is 0.